The quantitative estimate of drug-likeness (QED) is 0.744. The number of piperidine rings is 1. The standard InChI is InChI=1S/C14H25N5O4S/c1-10(2)15-12(20)9-19-14(21)17(3)13(16-19)11-5-7-18(8-6-11)24(4,22)23/h10-11H,5-9H2,1-4H3,(H,15,20). The molecule has 1 aliphatic rings. The van der Waals surface area contributed by atoms with Crippen molar-refractivity contribution >= 4 is 15.9 Å². The summed E-state index contributed by atoms with van der Waals surface area (Å²) in [5.74, 6) is 0.351. The molecular weight excluding hydrogens is 334 g/mol. The fourth-order valence-corrected chi connectivity index (χ4v) is 3.79. The number of carbonyl (C=O) groups excluding carboxylic acids is 1. The molecule has 0 aliphatic carbocycles. The monoisotopic (exact) mass is 359 g/mol. The van der Waals surface area contributed by atoms with E-state index in [0.717, 1.165) is 4.68 Å². The van der Waals surface area contributed by atoms with Gasteiger partial charge in [-0.3, -0.25) is 9.36 Å². The van der Waals surface area contributed by atoms with Crippen molar-refractivity contribution in [1.82, 2.24) is 24.0 Å². The molecule has 1 amide bonds. The molecule has 24 heavy (non-hydrogen) atoms. The summed E-state index contributed by atoms with van der Waals surface area (Å²) in [5, 5.41) is 7.03. The van der Waals surface area contributed by atoms with Gasteiger partial charge in [0.2, 0.25) is 15.9 Å². The minimum atomic E-state index is -3.19. The van der Waals surface area contributed by atoms with Gasteiger partial charge in [0.05, 0.1) is 6.26 Å². The SMILES string of the molecule is CC(C)NC(=O)Cn1nc(C2CCN(S(C)(=O)=O)CC2)n(C)c1=O. The number of hydrogen-bond acceptors (Lipinski definition) is 5. The molecule has 0 aromatic carbocycles. The molecule has 136 valence electrons. The van der Waals surface area contributed by atoms with Crippen LogP contribution in [0.5, 0.6) is 0 Å². The van der Waals surface area contributed by atoms with Crippen molar-refractivity contribution in [3.63, 3.8) is 0 Å². The predicted octanol–water partition coefficient (Wildman–Crippen LogP) is -0.755. The first kappa shape index (κ1) is 18.7. The summed E-state index contributed by atoms with van der Waals surface area (Å²) in [5.41, 5.74) is -0.338. The van der Waals surface area contributed by atoms with Gasteiger partial charge in [0.15, 0.2) is 0 Å². The van der Waals surface area contributed by atoms with Crippen LogP contribution in [0.4, 0.5) is 0 Å². The van der Waals surface area contributed by atoms with Crippen LogP contribution in [0.25, 0.3) is 0 Å². The summed E-state index contributed by atoms with van der Waals surface area (Å²) in [6.45, 7) is 4.41. The van der Waals surface area contributed by atoms with Gasteiger partial charge in [0.25, 0.3) is 0 Å². The molecule has 0 bridgehead atoms. The van der Waals surface area contributed by atoms with Crippen molar-refractivity contribution in [2.24, 2.45) is 7.05 Å². The van der Waals surface area contributed by atoms with Gasteiger partial charge in [-0.05, 0) is 26.7 Å². The van der Waals surface area contributed by atoms with Crippen molar-refractivity contribution in [2.45, 2.75) is 45.2 Å². The van der Waals surface area contributed by atoms with Crippen LogP contribution in [-0.2, 0) is 28.4 Å². The van der Waals surface area contributed by atoms with Gasteiger partial charge in [-0.25, -0.2) is 22.2 Å². The van der Waals surface area contributed by atoms with Crippen LogP contribution in [0.1, 0.15) is 38.4 Å². The van der Waals surface area contributed by atoms with E-state index in [1.807, 2.05) is 13.8 Å². The molecule has 0 atom stereocenters. The van der Waals surface area contributed by atoms with Gasteiger partial charge in [-0.2, -0.15) is 5.10 Å². The van der Waals surface area contributed by atoms with Crippen molar-refractivity contribution in [2.75, 3.05) is 19.3 Å². The highest BCUT2D eigenvalue weighted by molar-refractivity contribution is 7.88. The van der Waals surface area contributed by atoms with Crippen molar-refractivity contribution in [1.29, 1.82) is 0 Å². The van der Waals surface area contributed by atoms with Crippen LogP contribution in [0.3, 0.4) is 0 Å². The molecule has 1 fully saturated rings. The molecule has 1 aromatic rings. The van der Waals surface area contributed by atoms with E-state index in [1.165, 1.54) is 15.1 Å². The number of aromatic nitrogens is 3. The lowest BCUT2D eigenvalue weighted by Gasteiger charge is -2.29. The summed E-state index contributed by atoms with van der Waals surface area (Å²) >= 11 is 0. The second-order valence-corrected chi connectivity index (χ2v) is 8.50. The minimum Gasteiger partial charge on any atom is -0.352 e. The molecule has 2 rings (SSSR count). The topological polar surface area (TPSA) is 106 Å². The zero-order chi connectivity index (χ0) is 18.1. The average Bonchev–Trinajstić information content (AvgIpc) is 2.74. The molecule has 0 unspecified atom stereocenters. The highest BCUT2D eigenvalue weighted by Gasteiger charge is 2.29. The zero-order valence-electron chi connectivity index (χ0n) is 14.5. The number of amides is 1. The molecule has 0 radical (unpaired) electrons. The Morgan fingerprint density at radius 1 is 1.33 bits per heavy atom. The Kier molecular flexibility index (Phi) is 5.49. The maximum absolute atomic E-state index is 12.3. The highest BCUT2D eigenvalue weighted by atomic mass is 32.2. The van der Waals surface area contributed by atoms with Gasteiger partial charge in [0, 0.05) is 32.1 Å². The second-order valence-electron chi connectivity index (χ2n) is 6.52. The highest BCUT2D eigenvalue weighted by Crippen LogP contribution is 2.26. The van der Waals surface area contributed by atoms with Crippen LogP contribution in [0.2, 0.25) is 0 Å². The van der Waals surface area contributed by atoms with Crippen molar-refractivity contribution in [3.05, 3.63) is 16.3 Å². The first-order valence-corrected chi connectivity index (χ1v) is 9.82. The Morgan fingerprint density at radius 2 is 1.92 bits per heavy atom. The normalized spacial score (nSPS) is 17.4. The van der Waals surface area contributed by atoms with Crippen LogP contribution < -0.4 is 11.0 Å². The Balaban J connectivity index is 2.11. The fourth-order valence-electron chi connectivity index (χ4n) is 2.91. The number of carbonyl (C=O) groups is 1. The molecule has 1 aromatic heterocycles. The average molecular weight is 359 g/mol. The number of hydrogen-bond donors (Lipinski definition) is 1. The maximum Gasteiger partial charge on any atom is 0.346 e. The Labute approximate surface area is 141 Å². The summed E-state index contributed by atoms with van der Waals surface area (Å²) in [6, 6.07) is -0.00305. The van der Waals surface area contributed by atoms with E-state index in [9.17, 15) is 18.0 Å². The van der Waals surface area contributed by atoms with E-state index in [-0.39, 0.29) is 30.1 Å². The molecule has 0 spiro atoms. The number of nitrogens with one attached hydrogen (secondary N) is 1. The Bertz CT molecular complexity index is 757. The van der Waals surface area contributed by atoms with Gasteiger partial charge in [0.1, 0.15) is 12.4 Å². The molecular formula is C14H25N5O4S. The Morgan fingerprint density at radius 3 is 2.42 bits per heavy atom. The van der Waals surface area contributed by atoms with Gasteiger partial charge >= 0.3 is 5.69 Å². The molecule has 0 saturated carbocycles. The molecule has 10 heteroatoms. The lowest BCUT2D eigenvalue weighted by atomic mass is 9.97. The van der Waals surface area contributed by atoms with Gasteiger partial charge in [-0.1, -0.05) is 0 Å². The minimum absolute atomic E-state index is 0.00305. The lowest BCUT2D eigenvalue weighted by Crippen LogP contribution is -2.37. The van der Waals surface area contributed by atoms with Gasteiger partial charge < -0.3 is 5.32 Å². The summed E-state index contributed by atoms with van der Waals surface area (Å²) in [4.78, 5) is 24.1. The molecule has 1 N–H and O–H groups in total. The van der Waals surface area contributed by atoms with Crippen molar-refractivity contribution in [3.8, 4) is 0 Å². The summed E-state index contributed by atoms with van der Waals surface area (Å²) in [7, 11) is -1.56. The van der Waals surface area contributed by atoms with E-state index >= 15 is 0 Å². The molecule has 1 aliphatic heterocycles. The summed E-state index contributed by atoms with van der Waals surface area (Å²) in [6.07, 6.45) is 2.41. The van der Waals surface area contributed by atoms with Crippen LogP contribution in [-0.4, -0.2) is 58.4 Å². The van der Waals surface area contributed by atoms with E-state index < -0.39 is 10.0 Å². The van der Waals surface area contributed by atoms with Crippen LogP contribution >= 0.6 is 0 Å². The van der Waals surface area contributed by atoms with E-state index in [0.29, 0.717) is 31.8 Å². The zero-order valence-corrected chi connectivity index (χ0v) is 15.3. The van der Waals surface area contributed by atoms with E-state index in [4.69, 9.17) is 0 Å². The third-order valence-electron chi connectivity index (χ3n) is 4.11. The second kappa shape index (κ2) is 7.06. The van der Waals surface area contributed by atoms with E-state index in [2.05, 4.69) is 10.4 Å². The number of sulfonamides is 1. The lowest BCUT2D eigenvalue weighted by molar-refractivity contribution is -0.122. The molecule has 2 heterocycles. The third-order valence-corrected chi connectivity index (χ3v) is 5.41. The summed E-state index contributed by atoms with van der Waals surface area (Å²) < 4.78 is 27.2. The molecule has 1 saturated heterocycles. The Hall–Kier alpha value is -1.68. The number of rotatable bonds is 5. The predicted molar refractivity (Wildman–Crippen MR) is 89.1 cm³/mol. The van der Waals surface area contributed by atoms with Gasteiger partial charge in [-0.15, -0.1) is 0 Å². The third kappa shape index (κ3) is 4.23. The van der Waals surface area contributed by atoms with Crippen molar-refractivity contribution < 1.29 is 13.2 Å². The maximum atomic E-state index is 12.3. The van der Waals surface area contributed by atoms with Crippen LogP contribution in [0, 0.1) is 0 Å². The first-order valence-electron chi connectivity index (χ1n) is 7.97. The first-order chi connectivity index (χ1) is 11.1. The largest absolute Gasteiger partial charge is 0.352 e. The van der Waals surface area contributed by atoms with Crippen LogP contribution in [0.15, 0.2) is 4.79 Å². The smallest absolute Gasteiger partial charge is 0.346 e. The fraction of sp³-hybridized carbons (Fsp3) is 0.786. The van der Waals surface area contributed by atoms with E-state index in [1.54, 1.807) is 7.05 Å². The number of nitrogens with zero attached hydrogens (tertiary/aromatic N) is 4. The molecule has 9 nitrogen and oxygen atoms in total.